The Morgan fingerprint density at radius 2 is 2.00 bits per heavy atom. The van der Waals surface area contributed by atoms with Crippen LogP contribution in [-0.2, 0) is 11.2 Å². The highest BCUT2D eigenvalue weighted by Gasteiger charge is 2.16. The molecule has 1 aromatic heterocycles. The number of carbonyl (C=O) groups is 1. The molecule has 3 rings (SSSR count). The van der Waals surface area contributed by atoms with Crippen molar-refractivity contribution in [3.8, 4) is 16.3 Å². The van der Waals surface area contributed by atoms with Crippen molar-refractivity contribution >= 4 is 17.2 Å². The molecule has 1 saturated carbocycles. The Labute approximate surface area is 147 Å². The van der Waals surface area contributed by atoms with E-state index in [1.165, 1.54) is 19.3 Å². The molecule has 2 aromatic rings. The summed E-state index contributed by atoms with van der Waals surface area (Å²) < 4.78 is 5.46. The number of ether oxygens (including phenoxy) is 1. The van der Waals surface area contributed by atoms with Crippen LogP contribution in [0.25, 0.3) is 10.6 Å². The van der Waals surface area contributed by atoms with Gasteiger partial charge >= 0.3 is 0 Å². The van der Waals surface area contributed by atoms with E-state index >= 15 is 0 Å². The lowest BCUT2D eigenvalue weighted by atomic mass is 9.95. The number of rotatable bonds is 6. The normalized spacial score (nSPS) is 15.2. The van der Waals surface area contributed by atoms with Crippen LogP contribution in [0.2, 0.25) is 0 Å². The maximum atomic E-state index is 12.2. The van der Waals surface area contributed by atoms with E-state index in [9.17, 15) is 4.79 Å². The first-order valence-corrected chi connectivity index (χ1v) is 9.59. The summed E-state index contributed by atoms with van der Waals surface area (Å²) in [5.41, 5.74) is 1.90. The van der Waals surface area contributed by atoms with Gasteiger partial charge in [0.15, 0.2) is 0 Å². The summed E-state index contributed by atoms with van der Waals surface area (Å²) >= 11 is 1.58. The average molecular weight is 344 g/mol. The van der Waals surface area contributed by atoms with E-state index in [1.807, 2.05) is 36.6 Å². The number of hydrogen-bond acceptors (Lipinski definition) is 4. The number of nitrogens with zero attached hydrogens (tertiary/aromatic N) is 1. The van der Waals surface area contributed by atoms with Gasteiger partial charge in [-0.05, 0) is 44.0 Å². The smallest absolute Gasteiger partial charge is 0.226 e. The Balaban J connectivity index is 1.57. The van der Waals surface area contributed by atoms with Crippen molar-refractivity contribution < 1.29 is 9.53 Å². The van der Waals surface area contributed by atoms with E-state index in [1.54, 1.807) is 11.3 Å². The highest BCUT2D eigenvalue weighted by molar-refractivity contribution is 7.13. The SMILES string of the molecule is CCOc1ccc(-c2nc(CC(=O)NC3CCCCC3)cs2)cc1. The number of aromatic nitrogens is 1. The van der Waals surface area contributed by atoms with Crippen LogP contribution in [0.4, 0.5) is 0 Å². The first-order valence-electron chi connectivity index (χ1n) is 8.71. The molecule has 1 aliphatic carbocycles. The molecule has 0 bridgehead atoms. The standard InChI is InChI=1S/C19H24N2O2S/c1-2-23-17-10-8-14(9-11-17)19-21-16(13-24-19)12-18(22)20-15-6-4-3-5-7-15/h8-11,13,15H,2-7,12H2,1H3,(H,20,22). The molecule has 1 aliphatic rings. The number of hydrogen-bond donors (Lipinski definition) is 1. The molecule has 1 fully saturated rings. The molecular weight excluding hydrogens is 320 g/mol. The predicted octanol–water partition coefficient (Wildman–Crippen LogP) is 4.20. The molecule has 0 radical (unpaired) electrons. The topological polar surface area (TPSA) is 51.2 Å². The molecular formula is C19H24N2O2S. The summed E-state index contributed by atoms with van der Waals surface area (Å²) in [5, 5.41) is 6.07. The molecule has 0 saturated heterocycles. The molecule has 128 valence electrons. The third-order valence-electron chi connectivity index (χ3n) is 4.28. The number of thiazole rings is 1. The van der Waals surface area contributed by atoms with Gasteiger partial charge in [0.2, 0.25) is 5.91 Å². The highest BCUT2D eigenvalue weighted by atomic mass is 32.1. The Bertz CT molecular complexity index is 660. The fraction of sp³-hybridized carbons (Fsp3) is 0.474. The van der Waals surface area contributed by atoms with Gasteiger partial charge in [-0.25, -0.2) is 4.98 Å². The zero-order valence-corrected chi connectivity index (χ0v) is 14.9. The van der Waals surface area contributed by atoms with E-state index in [4.69, 9.17) is 4.74 Å². The first-order chi connectivity index (χ1) is 11.7. The molecule has 1 amide bonds. The maximum Gasteiger partial charge on any atom is 0.226 e. The predicted molar refractivity (Wildman–Crippen MR) is 97.4 cm³/mol. The van der Waals surface area contributed by atoms with Crippen molar-refractivity contribution in [1.82, 2.24) is 10.3 Å². The van der Waals surface area contributed by atoms with Crippen LogP contribution in [0.15, 0.2) is 29.6 Å². The summed E-state index contributed by atoms with van der Waals surface area (Å²) in [6.45, 7) is 2.64. The van der Waals surface area contributed by atoms with Crippen LogP contribution in [0.1, 0.15) is 44.7 Å². The zero-order chi connectivity index (χ0) is 16.8. The van der Waals surface area contributed by atoms with Crippen molar-refractivity contribution in [1.29, 1.82) is 0 Å². The molecule has 0 atom stereocenters. The van der Waals surface area contributed by atoms with Gasteiger partial charge in [0.05, 0.1) is 18.7 Å². The summed E-state index contributed by atoms with van der Waals surface area (Å²) in [6, 6.07) is 8.28. The Morgan fingerprint density at radius 1 is 1.25 bits per heavy atom. The van der Waals surface area contributed by atoms with Gasteiger partial charge in [-0.1, -0.05) is 19.3 Å². The summed E-state index contributed by atoms with van der Waals surface area (Å²) in [5.74, 6) is 0.954. The van der Waals surface area contributed by atoms with Crippen molar-refractivity contribution in [3.05, 3.63) is 35.3 Å². The van der Waals surface area contributed by atoms with Crippen LogP contribution >= 0.6 is 11.3 Å². The van der Waals surface area contributed by atoms with Crippen LogP contribution < -0.4 is 10.1 Å². The zero-order valence-electron chi connectivity index (χ0n) is 14.1. The summed E-state index contributed by atoms with van der Waals surface area (Å²) in [6.07, 6.45) is 6.33. The van der Waals surface area contributed by atoms with Gasteiger partial charge in [-0.3, -0.25) is 4.79 Å². The van der Waals surface area contributed by atoms with Crippen molar-refractivity contribution in [3.63, 3.8) is 0 Å². The van der Waals surface area contributed by atoms with Crippen LogP contribution in [0.5, 0.6) is 5.75 Å². The van der Waals surface area contributed by atoms with Gasteiger partial charge < -0.3 is 10.1 Å². The third kappa shape index (κ3) is 4.57. The Hall–Kier alpha value is -1.88. The van der Waals surface area contributed by atoms with Crippen LogP contribution in [0.3, 0.4) is 0 Å². The lowest BCUT2D eigenvalue weighted by Crippen LogP contribution is -2.37. The van der Waals surface area contributed by atoms with Gasteiger partial charge in [0, 0.05) is 17.0 Å². The van der Waals surface area contributed by atoms with E-state index in [2.05, 4.69) is 10.3 Å². The van der Waals surface area contributed by atoms with Gasteiger partial charge in [0.25, 0.3) is 0 Å². The van der Waals surface area contributed by atoms with Crippen LogP contribution in [-0.4, -0.2) is 23.5 Å². The molecule has 4 nitrogen and oxygen atoms in total. The van der Waals surface area contributed by atoms with E-state index in [-0.39, 0.29) is 5.91 Å². The lowest BCUT2D eigenvalue weighted by Gasteiger charge is -2.22. The Kier molecular flexibility index (Phi) is 5.86. The minimum Gasteiger partial charge on any atom is -0.494 e. The molecule has 0 aliphatic heterocycles. The second kappa shape index (κ2) is 8.29. The van der Waals surface area contributed by atoms with Gasteiger partial charge in [-0.15, -0.1) is 11.3 Å². The molecule has 0 spiro atoms. The molecule has 1 heterocycles. The number of carbonyl (C=O) groups excluding carboxylic acids is 1. The van der Waals surface area contributed by atoms with E-state index in [0.29, 0.717) is 19.1 Å². The summed E-state index contributed by atoms with van der Waals surface area (Å²) in [4.78, 5) is 16.8. The fourth-order valence-electron chi connectivity index (χ4n) is 3.07. The van der Waals surface area contributed by atoms with E-state index in [0.717, 1.165) is 34.9 Å². The quantitative estimate of drug-likeness (QED) is 0.854. The van der Waals surface area contributed by atoms with Gasteiger partial charge in [0.1, 0.15) is 10.8 Å². The lowest BCUT2D eigenvalue weighted by molar-refractivity contribution is -0.121. The second-order valence-electron chi connectivity index (χ2n) is 6.18. The first kappa shape index (κ1) is 17.0. The molecule has 24 heavy (non-hydrogen) atoms. The fourth-order valence-corrected chi connectivity index (χ4v) is 3.90. The maximum absolute atomic E-state index is 12.2. The highest BCUT2D eigenvalue weighted by Crippen LogP contribution is 2.26. The number of benzene rings is 1. The third-order valence-corrected chi connectivity index (χ3v) is 5.22. The Morgan fingerprint density at radius 3 is 2.71 bits per heavy atom. The largest absolute Gasteiger partial charge is 0.494 e. The van der Waals surface area contributed by atoms with Crippen molar-refractivity contribution in [2.45, 2.75) is 51.5 Å². The molecule has 0 unspecified atom stereocenters. The van der Waals surface area contributed by atoms with Crippen molar-refractivity contribution in [2.24, 2.45) is 0 Å². The second-order valence-corrected chi connectivity index (χ2v) is 7.04. The average Bonchev–Trinajstić information content (AvgIpc) is 3.05. The van der Waals surface area contributed by atoms with Gasteiger partial charge in [-0.2, -0.15) is 0 Å². The molecule has 1 aromatic carbocycles. The van der Waals surface area contributed by atoms with Crippen molar-refractivity contribution in [2.75, 3.05) is 6.61 Å². The monoisotopic (exact) mass is 344 g/mol. The number of amides is 1. The molecule has 5 heteroatoms. The molecule has 1 N–H and O–H groups in total. The number of nitrogens with one attached hydrogen (secondary N) is 1. The summed E-state index contributed by atoms with van der Waals surface area (Å²) in [7, 11) is 0. The van der Waals surface area contributed by atoms with E-state index < -0.39 is 0 Å². The minimum absolute atomic E-state index is 0.0884. The van der Waals surface area contributed by atoms with Crippen LogP contribution in [0, 0.1) is 0 Å². The minimum atomic E-state index is 0.0884.